The normalized spacial score (nSPS) is 23.6. The summed E-state index contributed by atoms with van der Waals surface area (Å²) in [5, 5.41) is 62.7. The van der Waals surface area contributed by atoms with E-state index in [2.05, 4.69) is 102 Å². The molecule has 8 aliphatic rings. The highest BCUT2D eigenvalue weighted by molar-refractivity contribution is 5.80. The van der Waals surface area contributed by atoms with E-state index in [1.807, 2.05) is 0 Å². The number of hydrogen-bond acceptors (Lipinski definition) is 28. The van der Waals surface area contributed by atoms with Gasteiger partial charge in [0.2, 0.25) is 47.6 Å². The van der Waals surface area contributed by atoms with Crippen LogP contribution in [-0.4, -0.2) is 200 Å². The van der Waals surface area contributed by atoms with Crippen LogP contribution in [0.4, 0.5) is 123 Å². The third-order valence-electron chi connectivity index (χ3n) is 23.9. The second-order valence-electron chi connectivity index (χ2n) is 33.0. The lowest BCUT2D eigenvalue weighted by Crippen LogP contribution is -2.29. The van der Waals surface area contributed by atoms with Crippen LogP contribution in [-0.2, 0) is 18.9 Å². The van der Waals surface area contributed by atoms with Gasteiger partial charge in [-0.1, -0.05) is 0 Å². The van der Waals surface area contributed by atoms with Crippen LogP contribution in [0.1, 0.15) is 153 Å². The van der Waals surface area contributed by atoms with E-state index in [9.17, 15) is 73.1 Å². The molecule has 4 saturated carbocycles. The number of nitrogens with zero attached hydrogens (tertiary/aromatic N) is 16. The quantitative estimate of drug-likeness (QED) is 0.0315. The van der Waals surface area contributed by atoms with E-state index in [0.717, 1.165) is 103 Å². The molecule has 128 heavy (non-hydrogen) atoms. The number of benzene rings is 4. The maximum Gasteiger partial charge on any atom is 0.224 e. The lowest BCUT2D eigenvalue weighted by Gasteiger charge is -2.26. The van der Waals surface area contributed by atoms with Gasteiger partial charge in [0.05, 0.1) is 99.8 Å². The number of ether oxygens (including phenoxy) is 4. The minimum atomic E-state index is -1.06. The number of hydrogen-bond donors (Lipinski definition) is 12. The van der Waals surface area contributed by atoms with Gasteiger partial charge in [0.15, 0.2) is 69.1 Å². The Morgan fingerprint density at radius 3 is 0.617 bits per heavy atom. The number of aromatic nitrogens is 16. The van der Waals surface area contributed by atoms with Crippen LogP contribution in [0.3, 0.4) is 0 Å². The van der Waals surface area contributed by atoms with Crippen LogP contribution >= 0.6 is 0 Å². The summed E-state index contributed by atoms with van der Waals surface area (Å²) in [6, 6.07) is 4.96. The molecule has 8 aromatic heterocycles. The summed E-state index contributed by atoms with van der Waals surface area (Å²) >= 11 is 0. The molecule has 4 aliphatic carbocycles. The molecule has 8 fully saturated rings. The van der Waals surface area contributed by atoms with Crippen LogP contribution in [0.5, 0.6) is 0 Å². The van der Waals surface area contributed by atoms with E-state index in [1.165, 1.54) is 0 Å². The highest BCUT2D eigenvalue weighted by atomic mass is 19.2. The molecule has 4 aromatic carbocycles. The standard InChI is InChI=1S/4C21H23F3N6O2/c4*22-11-7-15(23)18(16(24)8-11)28-21-27-17-9-25-20(26-12-1-3-14(31)4-2-12)29-19(17)30(21)13-5-6-32-10-13/h4*7-9,12-14,31H,1-6,10H2,(H,27,28)(H,25,26,29). The molecule has 0 spiro atoms. The van der Waals surface area contributed by atoms with Crippen molar-refractivity contribution in [2.75, 3.05) is 95.4 Å². The first-order valence-electron chi connectivity index (χ1n) is 42.7. The van der Waals surface area contributed by atoms with Gasteiger partial charge < -0.3 is 81.9 Å². The van der Waals surface area contributed by atoms with Crippen molar-refractivity contribution < 1.29 is 92.1 Å². The minimum absolute atomic E-state index is 0.137. The van der Waals surface area contributed by atoms with Gasteiger partial charge in [0.1, 0.15) is 68.1 Å². The average molecular weight is 1790 g/mol. The molecule has 4 atom stereocenters. The summed E-state index contributed by atoms with van der Waals surface area (Å²) in [6.45, 7) is 3.80. The first-order chi connectivity index (χ1) is 61.9. The van der Waals surface area contributed by atoms with Crippen molar-refractivity contribution in [1.29, 1.82) is 0 Å². The van der Waals surface area contributed by atoms with Crippen molar-refractivity contribution in [2.45, 2.75) is 201 Å². The number of rotatable bonds is 20. The van der Waals surface area contributed by atoms with Gasteiger partial charge in [-0.05, 0) is 128 Å². The maximum absolute atomic E-state index is 14.3. The Kier molecular flexibility index (Phi) is 27.0. The molecule has 4 saturated heterocycles. The summed E-state index contributed by atoms with van der Waals surface area (Å²) in [4.78, 5) is 53.6. The highest BCUT2D eigenvalue weighted by Crippen LogP contribution is 2.40. The van der Waals surface area contributed by atoms with Crippen LogP contribution in [0, 0.1) is 69.8 Å². The minimum Gasteiger partial charge on any atom is -0.393 e. The molecular weight excluding hydrogens is 1700 g/mol. The van der Waals surface area contributed by atoms with Crippen molar-refractivity contribution in [1.82, 2.24) is 78.1 Å². The van der Waals surface area contributed by atoms with Gasteiger partial charge in [0.25, 0.3) is 0 Å². The van der Waals surface area contributed by atoms with Crippen LogP contribution < -0.4 is 42.5 Å². The number of aliphatic hydroxyl groups excluding tert-OH is 4. The average Bonchev–Trinajstić information content (AvgIpc) is 1.63. The first kappa shape index (κ1) is 88.4. The molecule has 0 radical (unpaired) electrons. The predicted octanol–water partition coefficient (Wildman–Crippen LogP) is 14.7. The van der Waals surface area contributed by atoms with Crippen LogP contribution in [0.25, 0.3) is 44.7 Å². The van der Waals surface area contributed by atoms with E-state index in [1.54, 1.807) is 43.1 Å². The fraction of sp³-hybridized carbons (Fsp3) is 0.476. The third-order valence-corrected chi connectivity index (χ3v) is 23.9. The van der Waals surface area contributed by atoms with Gasteiger partial charge >= 0.3 is 0 Å². The van der Waals surface area contributed by atoms with E-state index in [0.29, 0.717) is 196 Å². The molecular formula is C84H92F12N24O8. The van der Waals surface area contributed by atoms with Crippen molar-refractivity contribution in [2.24, 2.45) is 0 Å². The Bertz CT molecular complexity index is 5120. The number of halogens is 12. The fourth-order valence-corrected chi connectivity index (χ4v) is 17.2. The van der Waals surface area contributed by atoms with Gasteiger partial charge in [0, 0.05) is 99.1 Å². The van der Waals surface area contributed by atoms with Gasteiger partial charge in [-0.2, -0.15) is 19.9 Å². The third kappa shape index (κ3) is 20.4. The van der Waals surface area contributed by atoms with E-state index < -0.39 is 92.6 Å². The Morgan fingerprint density at radius 2 is 0.445 bits per heavy atom. The monoisotopic (exact) mass is 1790 g/mol. The number of anilines is 12. The SMILES string of the molecule is OC1CCC(Nc2ncc3nc(Nc4c(F)cc(F)cc4F)n(C4CCOC4)c3n2)CC1.OC1CCC(Nc2ncc3nc(Nc4c(F)cc(F)cc4F)n(C4CCOC4)c3n2)CC1.OC1CCC(Nc2ncc3nc(Nc4c(F)cc(F)cc4F)n(C4CCOC4)c3n2)CC1.OC1CCC(Nc2ncc3nc(Nc4c(F)cc(F)cc4F)n(C4CCOC4)c3n2)CC1. The molecule has 20 rings (SSSR count). The number of aliphatic hydroxyl groups is 4. The lowest BCUT2D eigenvalue weighted by molar-refractivity contribution is 0.125. The molecule has 4 unspecified atom stereocenters. The highest BCUT2D eigenvalue weighted by Gasteiger charge is 2.35. The molecule has 12 heterocycles. The molecule has 0 amide bonds. The smallest absolute Gasteiger partial charge is 0.224 e. The molecule has 12 N–H and O–H groups in total. The van der Waals surface area contributed by atoms with Crippen LogP contribution in [0.2, 0.25) is 0 Å². The number of nitrogens with one attached hydrogen (secondary N) is 8. The van der Waals surface area contributed by atoms with Gasteiger partial charge in [-0.3, -0.25) is 18.3 Å². The Balaban J connectivity index is 0.000000120. The Morgan fingerprint density at radius 1 is 0.258 bits per heavy atom. The fourth-order valence-electron chi connectivity index (χ4n) is 17.2. The van der Waals surface area contributed by atoms with Crippen molar-refractivity contribution in [3.05, 3.63) is 143 Å². The lowest BCUT2D eigenvalue weighted by atomic mass is 9.93. The molecule has 0 bridgehead atoms. The van der Waals surface area contributed by atoms with Gasteiger partial charge in [-0.25, -0.2) is 92.6 Å². The summed E-state index contributed by atoms with van der Waals surface area (Å²) in [5.74, 6) is -10.1. The van der Waals surface area contributed by atoms with Crippen LogP contribution in [0.15, 0.2) is 73.3 Å². The summed E-state index contributed by atoms with van der Waals surface area (Å²) < 4.78 is 196. The maximum atomic E-state index is 14.3. The zero-order chi connectivity index (χ0) is 89.0. The van der Waals surface area contributed by atoms with Crippen molar-refractivity contribution in [3.63, 3.8) is 0 Å². The predicted molar refractivity (Wildman–Crippen MR) is 445 cm³/mol. The summed E-state index contributed by atoms with van der Waals surface area (Å²) in [6.07, 6.45) is 20.2. The van der Waals surface area contributed by atoms with E-state index in [4.69, 9.17) is 18.9 Å². The van der Waals surface area contributed by atoms with Gasteiger partial charge in [-0.15, -0.1) is 0 Å². The Labute approximate surface area is 721 Å². The largest absolute Gasteiger partial charge is 0.393 e. The second kappa shape index (κ2) is 39.1. The zero-order valence-electron chi connectivity index (χ0n) is 68.8. The van der Waals surface area contributed by atoms with E-state index >= 15 is 0 Å². The molecule has 32 nitrogen and oxygen atoms in total. The molecule has 12 aromatic rings. The molecule has 680 valence electrons. The molecule has 44 heteroatoms. The first-order valence-corrected chi connectivity index (χ1v) is 42.7. The second-order valence-corrected chi connectivity index (χ2v) is 33.0. The Hall–Kier alpha value is -11.7. The van der Waals surface area contributed by atoms with Crippen molar-refractivity contribution in [3.8, 4) is 0 Å². The van der Waals surface area contributed by atoms with E-state index in [-0.39, 0.29) is 96.5 Å². The molecule has 4 aliphatic heterocycles. The number of imidazole rings is 4. The summed E-state index contributed by atoms with van der Waals surface area (Å²) in [7, 11) is 0. The topological polar surface area (TPSA) is 388 Å². The number of fused-ring (bicyclic) bond motifs is 4. The summed E-state index contributed by atoms with van der Waals surface area (Å²) in [5.41, 5.74) is 1.83. The zero-order valence-corrected chi connectivity index (χ0v) is 68.8. The van der Waals surface area contributed by atoms with Crippen molar-refractivity contribution >= 4 is 115 Å².